The molecule has 2 aromatic carbocycles. The molecule has 4 nitrogen and oxygen atoms in total. The second-order valence-corrected chi connectivity index (χ2v) is 4.31. The number of nitriles is 1. The van der Waals surface area contributed by atoms with Crippen molar-refractivity contribution in [3.63, 3.8) is 0 Å². The standard InChI is InChI=1S/C15H12ClNO3/c1-18-11-6-12(19-2)8-13(7-11)20-15-4-3-10(9-17)5-14(15)16/h3-8H,1-2H3. The van der Waals surface area contributed by atoms with E-state index in [4.69, 9.17) is 31.1 Å². The molecule has 0 saturated carbocycles. The van der Waals surface area contributed by atoms with Gasteiger partial charge in [-0.3, -0.25) is 0 Å². The van der Waals surface area contributed by atoms with Crippen LogP contribution < -0.4 is 14.2 Å². The van der Waals surface area contributed by atoms with E-state index in [-0.39, 0.29) is 0 Å². The lowest BCUT2D eigenvalue weighted by molar-refractivity contribution is 0.386. The van der Waals surface area contributed by atoms with E-state index in [1.165, 1.54) is 0 Å². The minimum atomic E-state index is 0.367. The molecule has 0 radical (unpaired) electrons. The first-order valence-electron chi connectivity index (χ1n) is 5.77. The summed E-state index contributed by atoms with van der Waals surface area (Å²) in [5.74, 6) is 2.22. The Morgan fingerprint density at radius 1 is 0.950 bits per heavy atom. The first-order chi connectivity index (χ1) is 9.66. The lowest BCUT2D eigenvalue weighted by Crippen LogP contribution is -1.91. The molecule has 102 valence electrons. The Labute approximate surface area is 122 Å². The second-order valence-electron chi connectivity index (χ2n) is 3.91. The van der Waals surface area contributed by atoms with Gasteiger partial charge in [0, 0.05) is 18.2 Å². The highest BCUT2D eigenvalue weighted by Gasteiger charge is 2.07. The monoisotopic (exact) mass is 289 g/mol. The summed E-state index contributed by atoms with van der Waals surface area (Å²) in [6.45, 7) is 0. The maximum absolute atomic E-state index is 8.80. The fourth-order valence-corrected chi connectivity index (χ4v) is 1.84. The summed E-state index contributed by atoms with van der Waals surface area (Å²) in [5, 5.41) is 9.16. The molecule has 0 unspecified atom stereocenters. The zero-order valence-electron chi connectivity index (χ0n) is 11.0. The molecule has 0 fully saturated rings. The van der Waals surface area contributed by atoms with Crippen molar-refractivity contribution >= 4 is 11.6 Å². The third-order valence-corrected chi connectivity index (χ3v) is 2.91. The van der Waals surface area contributed by atoms with E-state index in [1.807, 2.05) is 6.07 Å². The maximum atomic E-state index is 8.80. The Morgan fingerprint density at radius 3 is 2.05 bits per heavy atom. The fourth-order valence-electron chi connectivity index (χ4n) is 1.62. The Balaban J connectivity index is 2.32. The van der Waals surface area contributed by atoms with Crippen LogP contribution in [0.2, 0.25) is 5.02 Å². The number of hydrogen-bond donors (Lipinski definition) is 0. The van der Waals surface area contributed by atoms with Crippen molar-refractivity contribution in [2.24, 2.45) is 0 Å². The van der Waals surface area contributed by atoms with E-state index in [0.717, 1.165) is 0 Å². The van der Waals surface area contributed by atoms with Gasteiger partial charge in [-0.05, 0) is 18.2 Å². The summed E-state index contributed by atoms with van der Waals surface area (Å²) < 4.78 is 16.0. The van der Waals surface area contributed by atoms with E-state index in [2.05, 4.69) is 0 Å². The molecule has 0 aliphatic carbocycles. The normalized spacial score (nSPS) is 9.70. The zero-order chi connectivity index (χ0) is 14.5. The summed E-state index contributed by atoms with van der Waals surface area (Å²) in [5.41, 5.74) is 0.477. The van der Waals surface area contributed by atoms with Crippen LogP contribution in [0.15, 0.2) is 36.4 Å². The Bertz CT molecular complexity index is 642. The maximum Gasteiger partial charge on any atom is 0.146 e. The summed E-state index contributed by atoms with van der Waals surface area (Å²) >= 11 is 6.07. The minimum absolute atomic E-state index is 0.367. The summed E-state index contributed by atoms with van der Waals surface area (Å²) in [4.78, 5) is 0. The van der Waals surface area contributed by atoms with E-state index in [9.17, 15) is 0 Å². The fraction of sp³-hybridized carbons (Fsp3) is 0.133. The van der Waals surface area contributed by atoms with Crippen molar-refractivity contribution in [3.8, 4) is 29.1 Å². The number of ether oxygens (including phenoxy) is 3. The summed E-state index contributed by atoms with van der Waals surface area (Å²) in [7, 11) is 3.13. The molecule has 2 aromatic rings. The number of benzene rings is 2. The van der Waals surface area contributed by atoms with Crippen LogP contribution >= 0.6 is 11.6 Å². The van der Waals surface area contributed by atoms with Crippen molar-refractivity contribution in [2.45, 2.75) is 0 Å². The molecular formula is C15H12ClNO3. The van der Waals surface area contributed by atoms with Crippen molar-refractivity contribution in [3.05, 3.63) is 47.0 Å². The molecule has 0 aliphatic heterocycles. The quantitative estimate of drug-likeness (QED) is 0.853. The van der Waals surface area contributed by atoms with Crippen molar-refractivity contribution in [2.75, 3.05) is 14.2 Å². The number of rotatable bonds is 4. The van der Waals surface area contributed by atoms with Crippen LogP contribution in [0.25, 0.3) is 0 Å². The van der Waals surface area contributed by atoms with Gasteiger partial charge in [0.05, 0.1) is 30.9 Å². The predicted octanol–water partition coefficient (Wildman–Crippen LogP) is 4.02. The molecule has 20 heavy (non-hydrogen) atoms. The average molecular weight is 290 g/mol. The van der Waals surface area contributed by atoms with E-state index in [1.54, 1.807) is 50.6 Å². The molecule has 2 rings (SSSR count). The molecule has 0 bridgehead atoms. The molecular weight excluding hydrogens is 278 g/mol. The van der Waals surface area contributed by atoms with Crippen LogP contribution in [0.5, 0.6) is 23.0 Å². The molecule has 0 spiro atoms. The molecule has 0 aromatic heterocycles. The van der Waals surface area contributed by atoms with E-state index in [0.29, 0.717) is 33.6 Å². The number of methoxy groups -OCH3 is 2. The Kier molecular flexibility index (Phi) is 4.34. The van der Waals surface area contributed by atoms with E-state index >= 15 is 0 Å². The number of nitrogens with zero attached hydrogens (tertiary/aromatic N) is 1. The largest absolute Gasteiger partial charge is 0.496 e. The van der Waals surface area contributed by atoms with Gasteiger partial charge in [0.15, 0.2) is 0 Å². The van der Waals surface area contributed by atoms with Gasteiger partial charge in [-0.2, -0.15) is 5.26 Å². The zero-order valence-corrected chi connectivity index (χ0v) is 11.8. The van der Waals surface area contributed by atoms with Gasteiger partial charge in [-0.25, -0.2) is 0 Å². The predicted molar refractivity (Wildman–Crippen MR) is 75.8 cm³/mol. The van der Waals surface area contributed by atoms with Crippen molar-refractivity contribution in [1.29, 1.82) is 5.26 Å². The molecule has 0 amide bonds. The lowest BCUT2D eigenvalue weighted by atomic mass is 10.2. The number of hydrogen-bond acceptors (Lipinski definition) is 4. The van der Waals surface area contributed by atoms with Gasteiger partial charge in [-0.15, -0.1) is 0 Å². The first kappa shape index (κ1) is 14.0. The molecule has 5 heteroatoms. The smallest absolute Gasteiger partial charge is 0.146 e. The van der Waals surface area contributed by atoms with Crippen LogP contribution in [-0.4, -0.2) is 14.2 Å². The van der Waals surface area contributed by atoms with Gasteiger partial charge < -0.3 is 14.2 Å². The first-order valence-corrected chi connectivity index (χ1v) is 6.14. The molecule has 0 aliphatic rings. The SMILES string of the molecule is COc1cc(OC)cc(Oc2ccc(C#N)cc2Cl)c1. The average Bonchev–Trinajstić information content (AvgIpc) is 2.48. The van der Waals surface area contributed by atoms with Crippen LogP contribution in [0.1, 0.15) is 5.56 Å². The van der Waals surface area contributed by atoms with Crippen LogP contribution in [-0.2, 0) is 0 Å². The number of halogens is 1. The topological polar surface area (TPSA) is 51.5 Å². The molecule has 0 heterocycles. The van der Waals surface area contributed by atoms with Gasteiger partial charge in [0.25, 0.3) is 0 Å². The Morgan fingerprint density at radius 2 is 1.55 bits per heavy atom. The summed E-state index contributed by atoms with van der Waals surface area (Å²) in [6.07, 6.45) is 0. The third kappa shape index (κ3) is 3.14. The molecule has 0 N–H and O–H groups in total. The minimum Gasteiger partial charge on any atom is -0.496 e. The van der Waals surface area contributed by atoms with Gasteiger partial charge in [-0.1, -0.05) is 11.6 Å². The summed E-state index contributed by atoms with van der Waals surface area (Å²) in [6, 6.07) is 12.0. The molecule has 0 saturated heterocycles. The van der Waals surface area contributed by atoms with Crippen LogP contribution in [0.3, 0.4) is 0 Å². The van der Waals surface area contributed by atoms with Crippen molar-refractivity contribution in [1.82, 2.24) is 0 Å². The highest BCUT2D eigenvalue weighted by molar-refractivity contribution is 6.32. The highest BCUT2D eigenvalue weighted by atomic mass is 35.5. The second kappa shape index (κ2) is 6.18. The van der Waals surface area contributed by atoms with Gasteiger partial charge >= 0.3 is 0 Å². The van der Waals surface area contributed by atoms with E-state index < -0.39 is 0 Å². The van der Waals surface area contributed by atoms with Crippen LogP contribution in [0, 0.1) is 11.3 Å². The van der Waals surface area contributed by atoms with Crippen molar-refractivity contribution < 1.29 is 14.2 Å². The lowest BCUT2D eigenvalue weighted by Gasteiger charge is -2.11. The highest BCUT2D eigenvalue weighted by Crippen LogP contribution is 2.34. The van der Waals surface area contributed by atoms with Crippen LogP contribution in [0.4, 0.5) is 0 Å². The Hall–Kier alpha value is -2.38. The van der Waals surface area contributed by atoms with Gasteiger partial charge in [0.2, 0.25) is 0 Å². The van der Waals surface area contributed by atoms with Gasteiger partial charge in [0.1, 0.15) is 23.0 Å². The third-order valence-electron chi connectivity index (χ3n) is 2.61. The molecule has 0 atom stereocenters.